The van der Waals surface area contributed by atoms with Crippen LogP contribution in [0.4, 0.5) is 11.4 Å². The van der Waals surface area contributed by atoms with Crippen molar-refractivity contribution in [3.05, 3.63) is 58.6 Å². The third kappa shape index (κ3) is 3.27. The number of anilines is 2. The highest BCUT2D eigenvalue weighted by atomic mass is 35.5. The van der Waals surface area contributed by atoms with Gasteiger partial charge in [-0.15, -0.1) is 0 Å². The molecule has 2 aliphatic rings. The smallest absolute Gasteiger partial charge is 0.127 e. The second-order valence-electron chi connectivity index (χ2n) is 6.58. The van der Waals surface area contributed by atoms with Crippen molar-refractivity contribution in [2.45, 2.75) is 24.9 Å². The normalized spacial score (nSPS) is 19.3. The summed E-state index contributed by atoms with van der Waals surface area (Å²) in [4.78, 5) is 4.91. The van der Waals surface area contributed by atoms with E-state index in [4.69, 9.17) is 16.6 Å². The first-order chi connectivity index (χ1) is 12.7. The summed E-state index contributed by atoms with van der Waals surface area (Å²) in [6.45, 7) is 0.559. The number of hydrogen-bond donors (Lipinski definition) is 2. The SMILES string of the molecule is N#Cc1cccc2c1NC(=NCc1cccc(Cl)c1)C1(CCSCC1)N2. The fourth-order valence-electron chi connectivity index (χ4n) is 3.52. The molecule has 0 aromatic heterocycles. The Balaban J connectivity index is 1.72. The quantitative estimate of drug-likeness (QED) is 0.774. The van der Waals surface area contributed by atoms with E-state index in [-0.39, 0.29) is 5.54 Å². The van der Waals surface area contributed by atoms with Gasteiger partial charge in [0.05, 0.1) is 29.0 Å². The lowest BCUT2D eigenvalue weighted by atomic mass is 9.87. The number of fused-ring (bicyclic) bond motifs is 1. The molecule has 4 nitrogen and oxygen atoms in total. The summed E-state index contributed by atoms with van der Waals surface area (Å²) in [7, 11) is 0. The van der Waals surface area contributed by atoms with Gasteiger partial charge in [-0.1, -0.05) is 29.8 Å². The van der Waals surface area contributed by atoms with Crippen molar-refractivity contribution in [2.75, 3.05) is 22.1 Å². The summed E-state index contributed by atoms with van der Waals surface area (Å²) in [5.41, 5.74) is 3.32. The van der Waals surface area contributed by atoms with Crippen molar-refractivity contribution in [2.24, 2.45) is 4.99 Å². The van der Waals surface area contributed by atoms with Crippen molar-refractivity contribution in [3.8, 4) is 6.07 Å². The number of aliphatic imine (C=N–C) groups is 1. The van der Waals surface area contributed by atoms with Gasteiger partial charge in [0, 0.05) is 5.02 Å². The lowest BCUT2D eigenvalue weighted by Gasteiger charge is -2.44. The molecule has 132 valence electrons. The van der Waals surface area contributed by atoms with Crippen molar-refractivity contribution >= 4 is 40.6 Å². The van der Waals surface area contributed by atoms with Crippen LogP contribution in [-0.4, -0.2) is 22.9 Å². The third-order valence-electron chi connectivity index (χ3n) is 4.91. The molecule has 0 saturated carbocycles. The molecule has 6 heteroatoms. The number of para-hydroxylation sites is 1. The average molecular weight is 383 g/mol. The van der Waals surface area contributed by atoms with Crippen LogP contribution >= 0.6 is 23.4 Å². The topological polar surface area (TPSA) is 60.2 Å². The van der Waals surface area contributed by atoms with E-state index in [0.29, 0.717) is 12.1 Å². The monoisotopic (exact) mass is 382 g/mol. The van der Waals surface area contributed by atoms with Gasteiger partial charge < -0.3 is 10.6 Å². The predicted molar refractivity (Wildman–Crippen MR) is 110 cm³/mol. The largest absolute Gasteiger partial charge is 0.371 e. The van der Waals surface area contributed by atoms with E-state index in [2.05, 4.69) is 16.7 Å². The second kappa shape index (κ2) is 7.22. The molecule has 0 amide bonds. The highest BCUT2D eigenvalue weighted by Crippen LogP contribution is 2.40. The Labute approximate surface area is 162 Å². The Kier molecular flexibility index (Phi) is 4.80. The minimum atomic E-state index is -0.190. The minimum absolute atomic E-state index is 0.190. The third-order valence-corrected chi connectivity index (χ3v) is 6.13. The summed E-state index contributed by atoms with van der Waals surface area (Å²) < 4.78 is 0. The van der Waals surface area contributed by atoms with Crippen LogP contribution < -0.4 is 10.6 Å². The molecule has 2 aromatic rings. The number of halogens is 1. The fraction of sp³-hybridized carbons (Fsp3) is 0.300. The number of hydrogen-bond acceptors (Lipinski definition) is 4. The van der Waals surface area contributed by atoms with Crippen molar-refractivity contribution in [1.82, 2.24) is 0 Å². The van der Waals surface area contributed by atoms with Gasteiger partial charge in [0.25, 0.3) is 0 Å². The van der Waals surface area contributed by atoms with Crippen molar-refractivity contribution in [1.29, 1.82) is 5.26 Å². The predicted octanol–water partition coefficient (Wildman–Crippen LogP) is 4.91. The fourth-order valence-corrected chi connectivity index (χ4v) is 4.92. The Morgan fingerprint density at radius 1 is 1.19 bits per heavy atom. The summed E-state index contributed by atoms with van der Waals surface area (Å²) >= 11 is 8.08. The Hall–Kier alpha value is -2.16. The van der Waals surface area contributed by atoms with Crippen LogP contribution in [0.15, 0.2) is 47.5 Å². The summed E-state index contributed by atoms with van der Waals surface area (Å²) in [6.07, 6.45) is 2.02. The van der Waals surface area contributed by atoms with E-state index in [9.17, 15) is 5.26 Å². The number of nitriles is 1. The molecule has 1 spiro atoms. The van der Waals surface area contributed by atoms with Crippen LogP contribution in [0.1, 0.15) is 24.0 Å². The second-order valence-corrected chi connectivity index (χ2v) is 8.24. The molecule has 0 atom stereocenters. The lowest BCUT2D eigenvalue weighted by molar-refractivity contribution is 0.559. The minimum Gasteiger partial charge on any atom is -0.371 e. The number of nitrogens with zero attached hydrogens (tertiary/aromatic N) is 2. The van der Waals surface area contributed by atoms with Crippen LogP contribution in [-0.2, 0) is 6.54 Å². The molecule has 0 radical (unpaired) electrons. The van der Waals surface area contributed by atoms with Crippen LogP contribution in [0.25, 0.3) is 0 Å². The van der Waals surface area contributed by atoms with Gasteiger partial charge in [0.2, 0.25) is 0 Å². The molecular formula is C20H19ClN4S. The van der Waals surface area contributed by atoms with E-state index >= 15 is 0 Å². The van der Waals surface area contributed by atoms with Crippen LogP contribution in [0, 0.1) is 11.3 Å². The van der Waals surface area contributed by atoms with Gasteiger partial charge in [0.1, 0.15) is 11.9 Å². The Morgan fingerprint density at radius 2 is 2.00 bits per heavy atom. The van der Waals surface area contributed by atoms with Crippen LogP contribution in [0.2, 0.25) is 5.02 Å². The molecular weight excluding hydrogens is 364 g/mol. The van der Waals surface area contributed by atoms with Gasteiger partial charge in [-0.25, -0.2) is 0 Å². The average Bonchev–Trinajstić information content (AvgIpc) is 2.66. The molecule has 1 saturated heterocycles. The van der Waals surface area contributed by atoms with E-state index in [1.54, 1.807) is 0 Å². The molecule has 0 bridgehead atoms. The molecule has 4 rings (SSSR count). The van der Waals surface area contributed by atoms with Crippen LogP contribution in [0.5, 0.6) is 0 Å². The standard InChI is InChI=1S/C20H19ClN4S/c21-16-5-1-3-14(11-16)13-23-19-20(7-9-26-10-8-20)25-17-6-2-4-15(12-22)18(17)24-19/h1-6,11,25H,7-10,13H2,(H,23,24). The first-order valence-electron chi connectivity index (χ1n) is 8.66. The number of thioether (sulfide) groups is 1. The molecule has 2 heterocycles. The zero-order valence-corrected chi connectivity index (χ0v) is 15.8. The van der Waals surface area contributed by atoms with E-state index < -0.39 is 0 Å². The number of nitrogens with one attached hydrogen (secondary N) is 2. The van der Waals surface area contributed by atoms with Crippen molar-refractivity contribution < 1.29 is 0 Å². The maximum absolute atomic E-state index is 9.44. The number of benzene rings is 2. The molecule has 2 aromatic carbocycles. The van der Waals surface area contributed by atoms with Crippen LogP contribution in [0.3, 0.4) is 0 Å². The summed E-state index contributed by atoms with van der Waals surface area (Å²) in [5.74, 6) is 3.11. The Morgan fingerprint density at radius 3 is 2.77 bits per heavy atom. The van der Waals surface area contributed by atoms with E-state index in [1.807, 2.05) is 54.2 Å². The first-order valence-corrected chi connectivity index (χ1v) is 10.2. The number of amidine groups is 1. The molecule has 1 fully saturated rings. The maximum atomic E-state index is 9.44. The van der Waals surface area contributed by atoms with Gasteiger partial charge in [-0.3, -0.25) is 4.99 Å². The van der Waals surface area contributed by atoms with Gasteiger partial charge in [-0.2, -0.15) is 17.0 Å². The molecule has 26 heavy (non-hydrogen) atoms. The van der Waals surface area contributed by atoms with Crippen molar-refractivity contribution in [3.63, 3.8) is 0 Å². The van der Waals surface area contributed by atoms with Gasteiger partial charge in [-0.05, 0) is 54.2 Å². The van der Waals surface area contributed by atoms with E-state index in [1.165, 1.54) is 0 Å². The van der Waals surface area contributed by atoms with E-state index in [0.717, 1.165) is 52.1 Å². The molecule has 0 unspecified atom stereocenters. The Bertz CT molecular complexity index is 897. The molecule has 0 aliphatic carbocycles. The first kappa shape index (κ1) is 17.3. The zero-order valence-electron chi connectivity index (χ0n) is 14.3. The summed E-state index contributed by atoms with van der Waals surface area (Å²) in [6, 6.07) is 15.8. The van der Waals surface area contributed by atoms with Gasteiger partial charge in [0.15, 0.2) is 0 Å². The molecule has 2 N–H and O–H groups in total. The lowest BCUT2D eigenvalue weighted by Crippen LogP contribution is -2.54. The van der Waals surface area contributed by atoms with Gasteiger partial charge >= 0.3 is 0 Å². The highest BCUT2D eigenvalue weighted by Gasteiger charge is 2.41. The number of rotatable bonds is 2. The highest BCUT2D eigenvalue weighted by molar-refractivity contribution is 7.99. The maximum Gasteiger partial charge on any atom is 0.127 e. The molecule has 2 aliphatic heterocycles. The zero-order chi connectivity index (χ0) is 18.0. The summed E-state index contributed by atoms with van der Waals surface area (Å²) in [5, 5.41) is 17.4.